The molecule has 1 aromatic heterocycles. The minimum Gasteiger partial charge on any atom is -0.383 e. The van der Waals surface area contributed by atoms with Gasteiger partial charge in [-0.15, -0.1) is 0 Å². The zero-order valence-electron chi connectivity index (χ0n) is 7.82. The normalized spacial score (nSPS) is 10.5. The number of hydrogen-bond acceptors (Lipinski definition) is 2. The van der Waals surface area contributed by atoms with Gasteiger partial charge in [-0.3, -0.25) is 0 Å². The Balaban J connectivity index is 2.30. The molecule has 0 radical (unpaired) electrons. The van der Waals surface area contributed by atoms with Crippen LogP contribution in [0.2, 0.25) is 5.02 Å². The fraction of sp³-hybridized carbons (Fsp3) is 0.100. The smallest absolute Gasteiger partial charge is 0.135 e. The number of nitrogens with zero attached hydrogens (tertiary/aromatic N) is 2. The van der Waals surface area contributed by atoms with Crippen LogP contribution >= 0.6 is 34.2 Å². The van der Waals surface area contributed by atoms with Crippen LogP contribution in [0, 0.1) is 3.57 Å². The third-order valence-electron chi connectivity index (χ3n) is 2.11. The summed E-state index contributed by atoms with van der Waals surface area (Å²) in [6.07, 6.45) is 1.74. The number of halogens is 2. The molecule has 0 atom stereocenters. The molecule has 2 rings (SSSR count). The molecule has 0 aliphatic heterocycles. The predicted octanol–water partition coefficient (Wildman–Crippen LogP) is 2.77. The minimum atomic E-state index is 0.606. The predicted molar refractivity (Wildman–Crippen MR) is 69.9 cm³/mol. The number of anilines is 1. The third-order valence-corrected chi connectivity index (χ3v) is 3.31. The quantitative estimate of drug-likeness (QED) is 0.859. The minimum absolute atomic E-state index is 0.606. The molecule has 2 N–H and O–H groups in total. The Morgan fingerprint density at radius 3 is 2.73 bits per heavy atom. The van der Waals surface area contributed by atoms with E-state index in [1.54, 1.807) is 10.9 Å². The molecule has 0 saturated carbocycles. The first-order valence-corrected chi connectivity index (χ1v) is 5.84. The fourth-order valence-electron chi connectivity index (χ4n) is 1.29. The van der Waals surface area contributed by atoms with Crippen LogP contribution in [0.1, 0.15) is 5.56 Å². The average Bonchev–Trinajstić information content (AvgIpc) is 2.53. The highest BCUT2D eigenvalue weighted by molar-refractivity contribution is 14.1. The van der Waals surface area contributed by atoms with Crippen LogP contribution < -0.4 is 5.73 Å². The maximum absolute atomic E-state index is 6.05. The standard InChI is InChI=1S/C10H9ClIN3/c11-8-4-2-1-3-7(8)6-15-10(13)9(12)5-14-15/h1-5H,6,13H2. The van der Waals surface area contributed by atoms with Crippen LogP contribution in [0.5, 0.6) is 0 Å². The van der Waals surface area contributed by atoms with Crippen molar-refractivity contribution in [2.75, 3.05) is 5.73 Å². The lowest BCUT2D eigenvalue weighted by Crippen LogP contribution is -2.06. The molecule has 0 bridgehead atoms. The molecule has 0 spiro atoms. The molecule has 1 heterocycles. The highest BCUT2D eigenvalue weighted by Gasteiger charge is 2.06. The number of nitrogens with two attached hydrogens (primary N) is 1. The Bertz CT molecular complexity index is 481. The monoisotopic (exact) mass is 333 g/mol. The maximum Gasteiger partial charge on any atom is 0.135 e. The fourth-order valence-corrected chi connectivity index (χ4v) is 1.88. The van der Waals surface area contributed by atoms with Crippen molar-refractivity contribution in [1.29, 1.82) is 0 Å². The highest BCUT2D eigenvalue weighted by atomic mass is 127. The Morgan fingerprint density at radius 1 is 1.40 bits per heavy atom. The van der Waals surface area contributed by atoms with Gasteiger partial charge in [0, 0.05) is 5.02 Å². The second kappa shape index (κ2) is 4.40. The molecule has 0 fully saturated rings. The molecule has 3 nitrogen and oxygen atoms in total. The Labute approximate surface area is 106 Å². The van der Waals surface area contributed by atoms with E-state index in [1.165, 1.54) is 0 Å². The molecule has 0 aliphatic rings. The van der Waals surface area contributed by atoms with Crippen LogP contribution in [-0.4, -0.2) is 9.78 Å². The summed E-state index contributed by atoms with van der Waals surface area (Å²) in [5, 5.41) is 4.92. The summed E-state index contributed by atoms with van der Waals surface area (Å²) in [5.41, 5.74) is 6.87. The summed E-state index contributed by atoms with van der Waals surface area (Å²) < 4.78 is 2.70. The van der Waals surface area contributed by atoms with Gasteiger partial charge in [-0.25, -0.2) is 4.68 Å². The van der Waals surface area contributed by atoms with Gasteiger partial charge in [0.05, 0.1) is 16.3 Å². The van der Waals surface area contributed by atoms with Crippen LogP contribution in [0.25, 0.3) is 0 Å². The molecular formula is C10H9ClIN3. The number of benzene rings is 1. The van der Waals surface area contributed by atoms with E-state index in [0.29, 0.717) is 12.4 Å². The van der Waals surface area contributed by atoms with Gasteiger partial charge in [-0.05, 0) is 34.2 Å². The van der Waals surface area contributed by atoms with Crippen LogP contribution in [-0.2, 0) is 6.54 Å². The van der Waals surface area contributed by atoms with Gasteiger partial charge in [-0.1, -0.05) is 29.8 Å². The van der Waals surface area contributed by atoms with Crippen LogP contribution in [0.3, 0.4) is 0 Å². The van der Waals surface area contributed by atoms with E-state index in [4.69, 9.17) is 17.3 Å². The van der Waals surface area contributed by atoms with Gasteiger partial charge in [0.25, 0.3) is 0 Å². The molecule has 5 heteroatoms. The van der Waals surface area contributed by atoms with Crippen molar-refractivity contribution in [1.82, 2.24) is 9.78 Å². The summed E-state index contributed by atoms with van der Waals surface area (Å²) in [6, 6.07) is 7.69. The summed E-state index contributed by atoms with van der Waals surface area (Å²) in [6.45, 7) is 0.606. The van der Waals surface area contributed by atoms with Crippen molar-refractivity contribution in [2.45, 2.75) is 6.54 Å². The summed E-state index contributed by atoms with van der Waals surface area (Å²) >= 11 is 8.20. The van der Waals surface area contributed by atoms with Crippen molar-refractivity contribution in [2.24, 2.45) is 0 Å². The first kappa shape index (κ1) is 10.8. The molecule has 1 aromatic carbocycles. The van der Waals surface area contributed by atoms with Gasteiger partial charge in [0.2, 0.25) is 0 Å². The van der Waals surface area contributed by atoms with Crippen molar-refractivity contribution < 1.29 is 0 Å². The van der Waals surface area contributed by atoms with E-state index in [0.717, 1.165) is 14.2 Å². The van der Waals surface area contributed by atoms with E-state index < -0.39 is 0 Å². The van der Waals surface area contributed by atoms with Crippen molar-refractivity contribution in [3.63, 3.8) is 0 Å². The summed E-state index contributed by atoms with van der Waals surface area (Å²) in [5.74, 6) is 0.676. The van der Waals surface area contributed by atoms with Gasteiger partial charge < -0.3 is 5.73 Å². The zero-order chi connectivity index (χ0) is 10.8. The SMILES string of the molecule is Nc1c(I)cnn1Cc1ccccc1Cl. The third kappa shape index (κ3) is 2.26. The van der Waals surface area contributed by atoms with E-state index in [1.807, 2.05) is 24.3 Å². The number of rotatable bonds is 2. The van der Waals surface area contributed by atoms with Crippen molar-refractivity contribution in [3.05, 3.63) is 44.6 Å². The van der Waals surface area contributed by atoms with Crippen molar-refractivity contribution in [3.8, 4) is 0 Å². The molecule has 2 aromatic rings. The van der Waals surface area contributed by atoms with E-state index in [2.05, 4.69) is 27.7 Å². The lowest BCUT2D eigenvalue weighted by Gasteiger charge is -2.05. The average molecular weight is 334 g/mol. The van der Waals surface area contributed by atoms with E-state index in [9.17, 15) is 0 Å². The lowest BCUT2D eigenvalue weighted by atomic mass is 10.2. The Kier molecular flexibility index (Phi) is 3.16. The highest BCUT2D eigenvalue weighted by Crippen LogP contribution is 2.19. The summed E-state index contributed by atoms with van der Waals surface area (Å²) in [7, 11) is 0. The Morgan fingerprint density at radius 2 is 2.13 bits per heavy atom. The second-order valence-corrected chi connectivity index (χ2v) is 4.70. The zero-order valence-corrected chi connectivity index (χ0v) is 10.7. The Hall–Kier alpha value is -0.750. The number of nitrogen functional groups attached to an aromatic ring is 1. The van der Waals surface area contributed by atoms with E-state index in [-0.39, 0.29) is 0 Å². The van der Waals surface area contributed by atoms with Gasteiger partial charge in [-0.2, -0.15) is 5.10 Å². The first-order chi connectivity index (χ1) is 7.18. The largest absolute Gasteiger partial charge is 0.383 e. The first-order valence-electron chi connectivity index (χ1n) is 4.38. The topological polar surface area (TPSA) is 43.8 Å². The summed E-state index contributed by atoms with van der Waals surface area (Å²) in [4.78, 5) is 0. The molecule has 15 heavy (non-hydrogen) atoms. The molecular weight excluding hydrogens is 324 g/mol. The maximum atomic E-state index is 6.05. The van der Waals surface area contributed by atoms with Crippen molar-refractivity contribution >= 4 is 40.0 Å². The molecule has 0 aliphatic carbocycles. The van der Waals surface area contributed by atoms with Crippen LogP contribution in [0.4, 0.5) is 5.82 Å². The van der Waals surface area contributed by atoms with Gasteiger partial charge in [0.15, 0.2) is 0 Å². The molecule has 0 amide bonds. The lowest BCUT2D eigenvalue weighted by molar-refractivity contribution is 0.697. The second-order valence-electron chi connectivity index (χ2n) is 3.13. The van der Waals surface area contributed by atoms with Gasteiger partial charge in [0.1, 0.15) is 5.82 Å². The number of aromatic nitrogens is 2. The van der Waals surface area contributed by atoms with Crippen LogP contribution in [0.15, 0.2) is 30.5 Å². The molecule has 78 valence electrons. The van der Waals surface area contributed by atoms with E-state index >= 15 is 0 Å². The number of hydrogen-bond donors (Lipinski definition) is 1. The molecule has 0 unspecified atom stereocenters. The van der Waals surface area contributed by atoms with Gasteiger partial charge >= 0.3 is 0 Å². The molecule has 0 saturated heterocycles.